The third-order valence-electron chi connectivity index (χ3n) is 8.32. The second-order valence-electron chi connectivity index (χ2n) is 11.2. The van der Waals surface area contributed by atoms with Gasteiger partial charge in [-0.2, -0.15) is 0 Å². The van der Waals surface area contributed by atoms with E-state index in [9.17, 15) is 4.79 Å². The van der Waals surface area contributed by atoms with Gasteiger partial charge in [0, 0.05) is 56.0 Å². The van der Waals surface area contributed by atoms with Gasteiger partial charge >= 0.3 is 0 Å². The van der Waals surface area contributed by atoms with Crippen molar-refractivity contribution in [3.8, 4) is 11.4 Å². The topological polar surface area (TPSA) is 64.6 Å². The van der Waals surface area contributed by atoms with Crippen LogP contribution in [-0.2, 0) is 19.5 Å². The Bertz CT molecular complexity index is 1250. The van der Waals surface area contributed by atoms with E-state index in [1.54, 1.807) is 0 Å². The molecule has 3 aliphatic heterocycles. The highest BCUT2D eigenvalue weighted by molar-refractivity contribution is 5.94. The Morgan fingerprint density at radius 1 is 0.821 bits per heavy atom. The van der Waals surface area contributed by atoms with Gasteiger partial charge in [-0.15, -0.1) is 0 Å². The molecule has 6 rings (SSSR count). The number of likely N-dealkylation sites (tertiary alicyclic amines) is 2. The first-order chi connectivity index (χ1) is 19.2. The summed E-state index contributed by atoms with van der Waals surface area (Å²) in [5.74, 6) is 1.84. The quantitative estimate of drug-likeness (QED) is 0.405. The molecule has 3 aromatic rings. The van der Waals surface area contributed by atoms with Crippen LogP contribution in [-0.4, -0.2) is 76.4 Å². The molecule has 39 heavy (non-hydrogen) atoms. The summed E-state index contributed by atoms with van der Waals surface area (Å²) in [7, 11) is 0. The molecule has 0 bridgehead atoms. The maximum atomic E-state index is 12.8. The van der Waals surface area contributed by atoms with E-state index in [0.717, 1.165) is 100.0 Å². The number of amides is 1. The molecule has 3 aliphatic rings. The molecule has 2 aromatic carbocycles. The van der Waals surface area contributed by atoms with E-state index in [0.29, 0.717) is 0 Å². The zero-order chi connectivity index (χ0) is 26.4. The number of anilines is 1. The van der Waals surface area contributed by atoms with Gasteiger partial charge in [-0.1, -0.05) is 42.5 Å². The maximum absolute atomic E-state index is 12.8. The molecule has 0 saturated carbocycles. The molecule has 1 aromatic heterocycles. The number of carbonyl (C=O) groups is 1. The molecule has 4 heterocycles. The lowest BCUT2D eigenvalue weighted by Crippen LogP contribution is -2.32. The van der Waals surface area contributed by atoms with Gasteiger partial charge in [0.1, 0.15) is 5.82 Å². The minimum absolute atomic E-state index is 0.127. The zero-order valence-electron chi connectivity index (χ0n) is 22.9. The molecule has 7 nitrogen and oxygen atoms in total. The molecule has 1 N–H and O–H groups in total. The number of hydrogen-bond donors (Lipinski definition) is 1. The monoisotopic (exact) mass is 524 g/mol. The molecule has 7 heteroatoms. The first-order valence-corrected chi connectivity index (χ1v) is 14.7. The zero-order valence-corrected chi connectivity index (χ0v) is 22.9. The van der Waals surface area contributed by atoms with Crippen LogP contribution in [0.1, 0.15) is 59.3 Å². The summed E-state index contributed by atoms with van der Waals surface area (Å²) in [4.78, 5) is 30.0. The average molecular weight is 525 g/mol. The van der Waals surface area contributed by atoms with Crippen molar-refractivity contribution in [1.29, 1.82) is 0 Å². The maximum Gasteiger partial charge on any atom is 0.253 e. The lowest BCUT2D eigenvalue weighted by Gasteiger charge is -2.29. The van der Waals surface area contributed by atoms with Crippen LogP contribution in [0.2, 0.25) is 0 Å². The molecule has 2 saturated heterocycles. The van der Waals surface area contributed by atoms with Crippen LogP contribution in [0.4, 0.5) is 5.82 Å². The first-order valence-electron chi connectivity index (χ1n) is 14.7. The van der Waals surface area contributed by atoms with Gasteiger partial charge in [0.25, 0.3) is 5.91 Å². The number of nitrogens with zero attached hydrogens (tertiary/aromatic N) is 5. The van der Waals surface area contributed by atoms with Crippen molar-refractivity contribution >= 4 is 11.7 Å². The van der Waals surface area contributed by atoms with E-state index < -0.39 is 0 Å². The summed E-state index contributed by atoms with van der Waals surface area (Å²) < 4.78 is 0. The van der Waals surface area contributed by atoms with Crippen molar-refractivity contribution in [1.82, 2.24) is 24.7 Å². The minimum Gasteiger partial charge on any atom is -0.370 e. The molecular weight excluding hydrogens is 484 g/mol. The van der Waals surface area contributed by atoms with Crippen LogP contribution in [0.15, 0.2) is 54.6 Å². The lowest BCUT2D eigenvalue weighted by molar-refractivity contribution is 0.0793. The van der Waals surface area contributed by atoms with Crippen LogP contribution >= 0.6 is 0 Å². The predicted octanol–water partition coefficient (Wildman–Crippen LogP) is 4.84. The van der Waals surface area contributed by atoms with Crippen molar-refractivity contribution in [2.24, 2.45) is 0 Å². The number of nitrogens with one attached hydrogen (secondary N) is 1. The highest BCUT2D eigenvalue weighted by atomic mass is 16.2. The van der Waals surface area contributed by atoms with Gasteiger partial charge in [0.2, 0.25) is 0 Å². The fourth-order valence-electron chi connectivity index (χ4n) is 6.12. The van der Waals surface area contributed by atoms with Gasteiger partial charge in [-0.25, -0.2) is 9.97 Å². The van der Waals surface area contributed by atoms with E-state index in [4.69, 9.17) is 9.97 Å². The summed E-state index contributed by atoms with van der Waals surface area (Å²) in [5, 5.41) is 3.68. The fraction of sp³-hybridized carbons (Fsp3) is 0.469. The number of benzene rings is 2. The standard InChI is InChI=1S/C32H40N6O/c39-32(38-20-6-7-21-38)27-13-11-26(12-14-27)30-34-29-24-37(23-25-9-2-1-3-10-25)22-15-28(29)31(35-30)33-16-8-19-36-17-4-5-18-36/h1-3,9-14H,4-8,15-24H2,(H,33,34,35). The third-order valence-corrected chi connectivity index (χ3v) is 8.32. The van der Waals surface area contributed by atoms with Crippen molar-refractivity contribution in [3.63, 3.8) is 0 Å². The highest BCUT2D eigenvalue weighted by Gasteiger charge is 2.24. The van der Waals surface area contributed by atoms with Crippen molar-refractivity contribution in [2.75, 3.05) is 51.1 Å². The third kappa shape index (κ3) is 6.31. The molecule has 0 spiro atoms. The molecule has 0 atom stereocenters. The lowest BCUT2D eigenvalue weighted by atomic mass is 10.0. The SMILES string of the molecule is O=C(c1ccc(-c2nc3c(c(NCCCN4CCCC4)n2)CCN(Cc2ccccc2)C3)cc1)N1CCCC1. The Labute approximate surface area is 232 Å². The van der Waals surface area contributed by atoms with Gasteiger partial charge in [0.15, 0.2) is 5.82 Å². The van der Waals surface area contributed by atoms with E-state index >= 15 is 0 Å². The Kier molecular flexibility index (Phi) is 8.16. The van der Waals surface area contributed by atoms with E-state index in [2.05, 4.69) is 45.4 Å². The van der Waals surface area contributed by atoms with Crippen LogP contribution in [0.25, 0.3) is 11.4 Å². The van der Waals surface area contributed by atoms with E-state index in [-0.39, 0.29) is 5.91 Å². The summed E-state index contributed by atoms with van der Waals surface area (Å²) >= 11 is 0. The fourth-order valence-corrected chi connectivity index (χ4v) is 6.12. The second-order valence-corrected chi connectivity index (χ2v) is 11.2. The van der Waals surface area contributed by atoms with Gasteiger partial charge in [-0.05, 0) is 75.9 Å². The molecule has 204 valence electrons. The van der Waals surface area contributed by atoms with Crippen LogP contribution in [0.3, 0.4) is 0 Å². The Balaban J connectivity index is 1.21. The van der Waals surface area contributed by atoms with E-state index in [1.807, 2.05) is 29.2 Å². The number of fused-ring (bicyclic) bond motifs is 1. The Hall–Kier alpha value is -3.29. The summed E-state index contributed by atoms with van der Waals surface area (Å²) in [6.45, 7) is 8.99. The Morgan fingerprint density at radius 2 is 1.56 bits per heavy atom. The van der Waals surface area contributed by atoms with Crippen LogP contribution in [0.5, 0.6) is 0 Å². The normalized spacial score (nSPS) is 17.9. The van der Waals surface area contributed by atoms with Crippen molar-refractivity contribution < 1.29 is 4.79 Å². The highest BCUT2D eigenvalue weighted by Crippen LogP contribution is 2.28. The molecule has 0 aliphatic carbocycles. The number of aromatic nitrogens is 2. The van der Waals surface area contributed by atoms with Gasteiger partial charge < -0.3 is 15.1 Å². The predicted molar refractivity (Wildman–Crippen MR) is 156 cm³/mol. The molecule has 0 unspecified atom stereocenters. The van der Waals surface area contributed by atoms with Crippen molar-refractivity contribution in [3.05, 3.63) is 77.0 Å². The summed E-state index contributed by atoms with van der Waals surface area (Å²) in [5.41, 5.74) is 5.39. The summed E-state index contributed by atoms with van der Waals surface area (Å²) in [6, 6.07) is 18.6. The molecule has 2 fully saturated rings. The Morgan fingerprint density at radius 3 is 2.33 bits per heavy atom. The van der Waals surface area contributed by atoms with Crippen LogP contribution in [0, 0.1) is 0 Å². The van der Waals surface area contributed by atoms with Crippen molar-refractivity contribution in [2.45, 2.75) is 51.6 Å². The number of hydrogen-bond acceptors (Lipinski definition) is 6. The largest absolute Gasteiger partial charge is 0.370 e. The van der Waals surface area contributed by atoms with E-state index in [1.165, 1.54) is 37.1 Å². The molecular formula is C32H40N6O. The minimum atomic E-state index is 0.127. The number of carbonyl (C=O) groups excluding carboxylic acids is 1. The summed E-state index contributed by atoms with van der Waals surface area (Å²) in [6.07, 6.45) is 6.92. The van der Waals surface area contributed by atoms with Gasteiger partial charge in [0.05, 0.1) is 5.69 Å². The average Bonchev–Trinajstić information content (AvgIpc) is 3.70. The number of rotatable bonds is 9. The van der Waals surface area contributed by atoms with Gasteiger partial charge in [-0.3, -0.25) is 9.69 Å². The smallest absolute Gasteiger partial charge is 0.253 e. The van der Waals surface area contributed by atoms with Crippen LogP contribution < -0.4 is 5.32 Å². The molecule has 1 amide bonds. The first kappa shape index (κ1) is 26.0. The molecule has 0 radical (unpaired) electrons. The second kappa shape index (κ2) is 12.3.